The van der Waals surface area contributed by atoms with Crippen LogP contribution in [-0.2, 0) is 0 Å². The van der Waals surface area contributed by atoms with Gasteiger partial charge in [-0.3, -0.25) is 15.1 Å². The zero-order valence-corrected chi connectivity index (χ0v) is 9.52. The van der Waals surface area contributed by atoms with Crippen molar-refractivity contribution in [1.29, 1.82) is 5.26 Å². The quantitative estimate of drug-likeness (QED) is 0.573. The molecule has 0 aliphatic rings. The minimum atomic E-state index is -0.470. The van der Waals surface area contributed by atoms with Crippen LogP contribution in [0.1, 0.15) is 11.1 Å². The maximum Gasteiger partial charge on any atom is 0.274 e. The molecule has 0 aliphatic carbocycles. The van der Waals surface area contributed by atoms with Crippen LogP contribution < -0.4 is 0 Å². The largest absolute Gasteiger partial charge is 0.274 e. The highest BCUT2D eigenvalue weighted by molar-refractivity contribution is 6.36. The highest BCUT2D eigenvalue weighted by Gasteiger charge is 2.16. The highest BCUT2D eigenvalue weighted by atomic mass is 35.5. The van der Waals surface area contributed by atoms with Gasteiger partial charge in [-0.05, 0) is 13.0 Å². The fourth-order valence-corrected chi connectivity index (χ4v) is 1.88. The number of rotatable bonds is 1. The number of nitro benzene ring substituents is 1. The van der Waals surface area contributed by atoms with Crippen molar-refractivity contribution in [2.75, 3.05) is 0 Å². The first kappa shape index (κ1) is 11.3. The lowest BCUT2D eigenvalue weighted by Crippen LogP contribution is -1.95. The number of aromatic nitrogens is 1. The smallest absolute Gasteiger partial charge is 0.258 e. The summed E-state index contributed by atoms with van der Waals surface area (Å²) in [5.41, 5.74) is 1.14. The number of benzene rings is 1. The Labute approximate surface area is 101 Å². The summed E-state index contributed by atoms with van der Waals surface area (Å²) in [6, 6.07) is 4.79. The fourth-order valence-electron chi connectivity index (χ4n) is 1.64. The summed E-state index contributed by atoms with van der Waals surface area (Å²) < 4.78 is 0. The minimum Gasteiger partial charge on any atom is -0.258 e. The van der Waals surface area contributed by atoms with Crippen LogP contribution in [0.4, 0.5) is 5.69 Å². The van der Waals surface area contributed by atoms with Crippen molar-refractivity contribution in [3.8, 4) is 6.07 Å². The number of nitrogens with zero attached hydrogens (tertiary/aromatic N) is 3. The molecule has 0 saturated heterocycles. The van der Waals surface area contributed by atoms with Crippen molar-refractivity contribution in [2.45, 2.75) is 6.92 Å². The molecule has 1 heterocycles. The van der Waals surface area contributed by atoms with Gasteiger partial charge in [0.2, 0.25) is 0 Å². The average Bonchev–Trinajstić information content (AvgIpc) is 2.30. The van der Waals surface area contributed by atoms with Gasteiger partial charge in [-0.1, -0.05) is 11.6 Å². The maximum atomic E-state index is 10.8. The number of hydrogen-bond donors (Lipinski definition) is 0. The predicted octanol–water partition coefficient (Wildman–Crippen LogP) is 2.98. The van der Waals surface area contributed by atoms with Gasteiger partial charge in [0.05, 0.1) is 26.6 Å². The fraction of sp³-hybridized carbons (Fsp3) is 0.0909. The van der Waals surface area contributed by atoms with Gasteiger partial charge < -0.3 is 0 Å². The van der Waals surface area contributed by atoms with E-state index >= 15 is 0 Å². The molecule has 1 aromatic carbocycles. The van der Waals surface area contributed by atoms with E-state index in [4.69, 9.17) is 16.9 Å². The molecule has 0 fully saturated rings. The van der Waals surface area contributed by atoms with Crippen LogP contribution in [0.3, 0.4) is 0 Å². The molecule has 0 N–H and O–H groups in total. The summed E-state index contributed by atoms with van der Waals surface area (Å²) in [5, 5.41) is 20.4. The molecule has 0 aliphatic heterocycles. The minimum absolute atomic E-state index is 0.00854. The van der Waals surface area contributed by atoms with Crippen LogP contribution in [0, 0.1) is 28.4 Å². The second-order valence-corrected chi connectivity index (χ2v) is 3.84. The van der Waals surface area contributed by atoms with E-state index in [2.05, 4.69) is 4.98 Å². The molecular weight excluding hydrogens is 242 g/mol. The zero-order chi connectivity index (χ0) is 12.6. The molecule has 0 bridgehead atoms. The molecule has 0 amide bonds. The lowest BCUT2D eigenvalue weighted by Gasteiger charge is -2.04. The first-order valence-electron chi connectivity index (χ1n) is 4.68. The average molecular weight is 248 g/mol. The van der Waals surface area contributed by atoms with Gasteiger partial charge in [0, 0.05) is 17.6 Å². The highest BCUT2D eigenvalue weighted by Crippen LogP contribution is 2.31. The SMILES string of the molecule is Cc1c([N+](=O)[O-])ccc2c(Cl)c(C#N)cnc12. The molecule has 17 heavy (non-hydrogen) atoms. The lowest BCUT2D eigenvalue weighted by atomic mass is 10.1. The van der Waals surface area contributed by atoms with Crippen LogP contribution in [0.15, 0.2) is 18.3 Å². The third kappa shape index (κ3) is 1.69. The number of hydrogen-bond acceptors (Lipinski definition) is 4. The van der Waals surface area contributed by atoms with Gasteiger partial charge in [-0.2, -0.15) is 5.26 Å². The molecule has 0 saturated carbocycles. The number of aryl methyl sites for hydroxylation is 1. The Morgan fingerprint density at radius 3 is 2.82 bits per heavy atom. The zero-order valence-electron chi connectivity index (χ0n) is 8.77. The summed E-state index contributed by atoms with van der Waals surface area (Å²) in [4.78, 5) is 14.3. The Bertz CT molecular complexity index is 676. The summed E-state index contributed by atoms with van der Waals surface area (Å²) in [5.74, 6) is 0. The Balaban J connectivity index is 2.87. The summed E-state index contributed by atoms with van der Waals surface area (Å²) in [7, 11) is 0. The van der Waals surface area contributed by atoms with Crippen molar-refractivity contribution in [3.05, 3.63) is 44.6 Å². The second-order valence-electron chi connectivity index (χ2n) is 3.46. The van der Waals surface area contributed by atoms with E-state index in [1.54, 1.807) is 6.92 Å². The number of fused-ring (bicyclic) bond motifs is 1. The molecule has 0 atom stereocenters. The molecule has 5 nitrogen and oxygen atoms in total. The molecule has 0 spiro atoms. The molecule has 0 radical (unpaired) electrons. The van der Waals surface area contributed by atoms with Gasteiger partial charge in [0.25, 0.3) is 5.69 Å². The molecule has 84 valence electrons. The lowest BCUT2D eigenvalue weighted by molar-refractivity contribution is -0.385. The molecular formula is C11H6ClN3O2. The third-order valence-corrected chi connectivity index (χ3v) is 2.92. The van der Waals surface area contributed by atoms with E-state index in [1.807, 2.05) is 6.07 Å². The van der Waals surface area contributed by atoms with Crippen LogP contribution in [-0.4, -0.2) is 9.91 Å². The van der Waals surface area contributed by atoms with Gasteiger partial charge in [0.1, 0.15) is 6.07 Å². The Morgan fingerprint density at radius 1 is 1.53 bits per heavy atom. The van der Waals surface area contributed by atoms with Gasteiger partial charge in [0.15, 0.2) is 0 Å². The summed E-state index contributed by atoms with van der Waals surface area (Å²) in [6.07, 6.45) is 1.32. The van der Waals surface area contributed by atoms with Crippen LogP contribution >= 0.6 is 11.6 Å². The molecule has 2 rings (SSSR count). The van der Waals surface area contributed by atoms with E-state index < -0.39 is 4.92 Å². The van der Waals surface area contributed by atoms with Crippen molar-refractivity contribution >= 4 is 28.2 Å². The van der Waals surface area contributed by atoms with Crippen LogP contribution in [0.2, 0.25) is 5.02 Å². The van der Waals surface area contributed by atoms with Crippen molar-refractivity contribution in [2.24, 2.45) is 0 Å². The predicted molar refractivity (Wildman–Crippen MR) is 62.9 cm³/mol. The van der Waals surface area contributed by atoms with Crippen molar-refractivity contribution in [1.82, 2.24) is 4.98 Å². The standard InChI is InChI=1S/C11H6ClN3O2/c1-6-9(15(16)17)3-2-8-10(12)7(4-13)5-14-11(6)8/h2-3,5H,1H3. The van der Waals surface area contributed by atoms with Crippen LogP contribution in [0.5, 0.6) is 0 Å². The van der Waals surface area contributed by atoms with E-state index in [-0.39, 0.29) is 16.3 Å². The monoisotopic (exact) mass is 247 g/mol. The normalized spacial score (nSPS) is 10.2. The second kappa shape index (κ2) is 4.00. The maximum absolute atomic E-state index is 10.8. The first-order chi connectivity index (χ1) is 8.06. The van der Waals surface area contributed by atoms with Crippen LogP contribution in [0.25, 0.3) is 10.9 Å². The van der Waals surface area contributed by atoms with E-state index in [9.17, 15) is 10.1 Å². The van der Waals surface area contributed by atoms with Crippen molar-refractivity contribution in [3.63, 3.8) is 0 Å². The summed E-state index contributed by atoms with van der Waals surface area (Å²) in [6.45, 7) is 1.61. The van der Waals surface area contributed by atoms with E-state index in [1.165, 1.54) is 18.3 Å². The Kier molecular flexibility index (Phi) is 2.66. The van der Waals surface area contributed by atoms with Gasteiger partial charge in [-0.15, -0.1) is 0 Å². The first-order valence-corrected chi connectivity index (χ1v) is 5.06. The van der Waals surface area contributed by atoms with E-state index in [0.717, 1.165) is 0 Å². The van der Waals surface area contributed by atoms with E-state index in [0.29, 0.717) is 16.5 Å². The van der Waals surface area contributed by atoms with Gasteiger partial charge in [-0.25, -0.2) is 0 Å². The number of pyridine rings is 1. The molecule has 1 aromatic heterocycles. The molecule has 6 heteroatoms. The number of halogens is 1. The van der Waals surface area contributed by atoms with Gasteiger partial charge >= 0.3 is 0 Å². The molecule has 2 aromatic rings. The number of nitriles is 1. The van der Waals surface area contributed by atoms with Crippen molar-refractivity contribution < 1.29 is 4.92 Å². The third-order valence-electron chi connectivity index (χ3n) is 2.52. The Morgan fingerprint density at radius 2 is 2.24 bits per heavy atom. The number of nitro groups is 1. The Hall–Kier alpha value is -2.19. The molecule has 0 unspecified atom stereocenters. The summed E-state index contributed by atoms with van der Waals surface area (Å²) >= 11 is 6.01. The topological polar surface area (TPSA) is 79.8 Å².